The zero-order chi connectivity index (χ0) is 13.5. The minimum absolute atomic E-state index is 0.243. The molecule has 0 saturated carbocycles. The number of carboxylic acid groups (broad SMARTS) is 1. The fourth-order valence-corrected chi connectivity index (χ4v) is 1.51. The van der Waals surface area contributed by atoms with Crippen molar-refractivity contribution in [2.45, 2.75) is 38.7 Å². The lowest BCUT2D eigenvalue weighted by atomic mass is 10.2. The Balaban J connectivity index is 4.28. The van der Waals surface area contributed by atoms with Crippen LogP contribution in [0, 0.1) is 0 Å². The highest BCUT2D eigenvalue weighted by Gasteiger charge is 2.22. The van der Waals surface area contributed by atoms with Crippen molar-refractivity contribution in [3.05, 3.63) is 0 Å². The molecule has 1 unspecified atom stereocenters. The Labute approximate surface area is 103 Å². The summed E-state index contributed by atoms with van der Waals surface area (Å²) in [4.78, 5) is 22.0. The van der Waals surface area contributed by atoms with E-state index in [-0.39, 0.29) is 12.4 Å². The number of rotatable bonds is 8. The summed E-state index contributed by atoms with van der Waals surface area (Å²) in [6, 6.07) is 0. The van der Waals surface area contributed by atoms with E-state index in [4.69, 9.17) is 4.74 Å². The minimum atomic E-state index is -1.19. The first-order valence-electron chi connectivity index (χ1n) is 5.94. The minimum Gasteiger partial charge on any atom is -0.550 e. The Morgan fingerprint density at radius 3 is 2.29 bits per heavy atom. The molecular formula is C12H23NO4. The van der Waals surface area contributed by atoms with Gasteiger partial charge in [0.2, 0.25) is 0 Å². The van der Waals surface area contributed by atoms with Gasteiger partial charge in [-0.2, -0.15) is 0 Å². The Bertz CT molecular complexity index is 258. The van der Waals surface area contributed by atoms with Crippen LogP contribution in [0.4, 0.5) is 0 Å². The van der Waals surface area contributed by atoms with Gasteiger partial charge < -0.3 is 19.1 Å². The van der Waals surface area contributed by atoms with Gasteiger partial charge in [0.15, 0.2) is 6.10 Å². The summed E-state index contributed by atoms with van der Waals surface area (Å²) in [6.07, 6.45) is 1.17. The molecule has 0 heterocycles. The van der Waals surface area contributed by atoms with Crippen LogP contribution in [0.15, 0.2) is 0 Å². The van der Waals surface area contributed by atoms with Crippen LogP contribution in [0.25, 0.3) is 0 Å². The highest BCUT2D eigenvalue weighted by Crippen LogP contribution is 2.07. The maximum atomic E-state index is 11.4. The highest BCUT2D eigenvalue weighted by atomic mass is 16.5. The molecule has 0 aliphatic rings. The molecule has 0 fully saturated rings. The van der Waals surface area contributed by atoms with E-state index >= 15 is 0 Å². The second-order valence-electron chi connectivity index (χ2n) is 5.26. The van der Waals surface area contributed by atoms with Crippen molar-refractivity contribution >= 4 is 11.9 Å². The first-order chi connectivity index (χ1) is 7.74. The molecule has 0 rings (SSSR count). The van der Waals surface area contributed by atoms with E-state index in [1.54, 1.807) is 0 Å². The van der Waals surface area contributed by atoms with Crippen molar-refractivity contribution in [1.82, 2.24) is 0 Å². The summed E-state index contributed by atoms with van der Waals surface area (Å²) in [7, 11) is 5.76. The van der Waals surface area contributed by atoms with Gasteiger partial charge in [-0.25, -0.2) is 0 Å². The third-order valence-electron chi connectivity index (χ3n) is 2.18. The monoisotopic (exact) mass is 245 g/mol. The van der Waals surface area contributed by atoms with Gasteiger partial charge in [0.25, 0.3) is 0 Å². The number of likely N-dealkylation sites (N-methyl/N-ethyl adjacent to an activating group) is 1. The SMILES string of the molecule is CCCCC(=O)OC(CC(=O)[O-])C[N+](C)(C)C. The van der Waals surface area contributed by atoms with Gasteiger partial charge in [0.1, 0.15) is 6.54 Å². The molecule has 0 spiro atoms. The molecule has 0 bridgehead atoms. The summed E-state index contributed by atoms with van der Waals surface area (Å²) >= 11 is 0. The fraction of sp³-hybridized carbons (Fsp3) is 0.833. The number of carboxylic acids is 1. The van der Waals surface area contributed by atoms with Crippen molar-refractivity contribution in [2.75, 3.05) is 27.7 Å². The van der Waals surface area contributed by atoms with Crippen LogP contribution < -0.4 is 5.11 Å². The van der Waals surface area contributed by atoms with E-state index in [2.05, 4.69) is 0 Å². The fourth-order valence-electron chi connectivity index (χ4n) is 1.51. The zero-order valence-electron chi connectivity index (χ0n) is 11.2. The molecule has 0 saturated heterocycles. The first kappa shape index (κ1) is 15.9. The van der Waals surface area contributed by atoms with Crippen LogP contribution in [0.1, 0.15) is 32.6 Å². The number of ether oxygens (including phenoxy) is 1. The first-order valence-corrected chi connectivity index (χ1v) is 5.94. The van der Waals surface area contributed by atoms with Gasteiger partial charge in [-0.05, 0) is 6.42 Å². The number of hydrogen-bond donors (Lipinski definition) is 0. The molecule has 1 atom stereocenters. The summed E-state index contributed by atoms with van der Waals surface area (Å²) in [5.74, 6) is -1.52. The van der Waals surface area contributed by atoms with Crippen LogP contribution in [-0.4, -0.2) is 50.2 Å². The van der Waals surface area contributed by atoms with Crippen LogP contribution in [0.5, 0.6) is 0 Å². The van der Waals surface area contributed by atoms with E-state index in [1.807, 2.05) is 28.1 Å². The summed E-state index contributed by atoms with van der Waals surface area (Å²) in [6.45, 7) is 2.45. The maximum Gasteiger partial charge on any atom is 0.306 e. The van der Waals surface area contributed by atoms with E-state index in [0.29, 0.717) is 17.4 Å². The molecule has 17 heavy (non-hydrogen) atoms. The number of quaternary nitrogens is 1. The molecule has 5 heteroatoms. The molecule has 0 aromatic heterocycles. The average Bonchev–Trinajstić information content (AvgIpc) is 2.10. The average molecular weight is 245 g/mol. The molecule has 5 nitrogen and oxygen atoms in total. The van der Waals surface area contributed by atoms with E-state index in [0.717, 1.165) is 12.8 Å². The second-order valence-corrected chi connectivity index (χ2v) is 5.26. The third kappa shape index (κ3) is 9.81. The molecule has 0 N–H and O–H groups in total. The Morgan fingerprint density at radius 2 is 1.88 bits per heavy atom. The molecule has 0 aliphatic carbocycles. The van der Waals surface area contributed by atoms with Gasteiger partial charge in [-0.15, -0.1) is 0 Å². The van der Waals surface area contributed by atoms with E-state index < -0.39 is 12.1 Å². The molecule has 100 valence electrons. The van der Waals surface area contributed by atoms with Crippen LogP contribution in [0.3, 0.4) is 0 Å². The number of carbonyl (C=O) groups excluding carboxylic acids is 2. The predicted octanol–water partition coefficient (Wildman–Crippen LogP) is -0.0654. The van der Waals surface area contributed by atoms with Gasteiger partial charge in [-0.1, -0.05) is 13.3 Å². The lowest BCUT2D eigenvalue weighted by molar-refractivity contribution is -0.873. The van der Waals surface area contributed by atoms with Crippen LogP contribution >= 0.6 is 0 Å². The van der Waals surface area contributed by atoms with Gasteiger partial charge >= 0.3 is 5.97 Å². The Hall–Kier alpha value is -1.10. The lowest BCUT2D eigenvalue weighted by Crippen LogP contribution is -2.45. The summed E-state index contributed by atoms with van der Waals surface area (Å²) in [5.41, 5.74) is 0. The number of hydrogen-bond acceptors (Lipinski definition) is 4. The molecule has 0 amide bonds. The van der Waals surface area contributed by atoms with Crippen molar-refractivity contribution < 1.29 is 23.9 Å². The second kappa shape index (κ2) is 7.27. The van der Waals surface area contributed by atoms with Gasteiger partial charge in [-0.3, -0.25) is 4.79 Å². The molecule has 0 aromatic rings. The number of aliphatic carboxylic acids is 1. The number of nitrogens with zero attached hydrogens (tertiary/aromatic N) is 1. The van der Waals surface area contributed by atoms with Crippen molar-refractivity contribution in [1.29, 1.82) is 0 Å². The predicted molar refractivity (Wildman–Crippen MR) is 61.9 cm³/mol. The van der Waals surface area contributed by atoms with Gasteiger partial charge in [0, 0.05) is 18.8 Å². The van der Waals surface area contributed by atoms with Crippen molar-refractivity contribution in [2.24, 2.45) is 0 Å². The largest absolute Gasteiger partial charge is 0.550 e. The standard InChI is InChI=1S/C12H23NO4/c1-5-6-7-12(16)17-10(8-11(14)15)9-13(2,3)4/h10H,5-9H2,1-4H3. The Kier molecular flexibility index (Phi) is 6.80. The third-order valence-corrected chi connectivity index (χ3v) is 2.18. The zero-order valence-corrected chi connectivity index (χ0v) is 11.2. The lowest BCUT2D eigenvalue weighted by Gasteiger charge is -2.29. The Morgan fingerprint density at radius 1 is 1.29 bits per heavy atom. The highest BCUT2D eigenvalue weighted by molar-refractivity contribution is 5.70. The smallest absolute Gasteiger partial charge is 0.306 e. The van der Waals surface area contributed by atoms with Crippen LogP contribution in [-0.2, 0) is 14.3 Å². The summed E-state index contributed by atoms with van der Waals surface area (Å²) in [5, 5.41) is 10.6. The van der Waals surface area contributed by atoms with Crippen molar-refractivity contribution in [3.63, 3.8) is 0 Å². The molecular weight excluding hydrogens is 222 g/mol. The molecule has 0 aliphatic heterocycles. The molecule has 0 radical (unpaired) electrons. The summed E-state index contributed by atoms with van der Waals surface area (Å²) < 4.78 is 5.70. The maximum absolute atomic E-state index is 11.4. The van der Waals surface area contributed by atoms with E-state index in [9.17, 15) is 14.7 Å². The topological polar surface area (TPSA) is 66.4 Å². The number of unbranched alkanes of at least 4 members (excludes halogenated alkanes) is 1. The van der Waals surface area contributed by atoms with E-state index in [1.165, 1.54) is 0 Å². The molecule has 0 aromatic carbocycles. The van der Waals surface area contributed by atoms with Gasteiger partial charge in [0.05, 0.1) is 21.1 Å². The quantitative estimate of drug-likeness (QED) is 0.443. The number of esters is 1. The van der Waals surface area contributed by atoms with Crippen molar-refractivity contribution in [3.8, 4) is 0 Å². The normalized spacial score (nSPS) is 13.2. The van der Waals surface area contributed by atoms with Crippen LogP contribution in [0.2, 0.25) is 0 Å². The number of carbonyl (C=O) groups is 2.